The highest BCUT2D eigenvalue weighted by Gasteiger charge is 2.05. The van der Waals surface area contributed by atoms with E-state index in [1.165, 1.54) is 0 Å². The summed E-state index contributed by atoms with van der Waals surface area (Å²) < 4.78 is 11.0. The first-order chi connectivity index (χ1) is 8.29. The fourth-order valence-corrected chi connectivity index (χ4v) is 1.63. The molecule has 17 heavy (non-hydrogen) atoms. The van der Waals surface area contributed by atoms with Crippen molar-refractivity contribution in [3.05, 3.63) is 52.9 Å². The molecule has 2 aromatic rings. The van der Waals surface area contributed by atoms with Crippen LogP contribution in [0.5, 0.6) is 5.75 Å². The third-order valence-electron chi connectivity index (χ3n) is 2.38. The number of hydrogen-bond acceptors (Lipinski definition) is 3. The summed E-state index contributed by atoms with van der Waals surface area (Å²) in [5.74, 6) is 1.70. The second-order valence-electron chi connectivity index (χ2n) is 3.64. The van der Waals surface area contributed by atoms with Crippen LogP contribution >= 0.6 is 11.6 Å². The second-order valence-corrected chi connectivity index (χ2v) is 4.08. The maximum absolute atomic E-state index is 5.80. The highest BCUT2D eigenvalue weighted by Crippen LogP contribution is 2.18. The lowest BCUT2D eigenvalue weighted by Crippen LogP contribution is -2.07. The van der Waals surface area contributed by atoms with E-state index in [1.807, 2.05) is 25.2 Å². The minimum absolute atomic E-state index is 0.495. The minimum atomic E-state index is 0.495. The van der Waals surface area contributed by atoms with Gasteiger partial charge in [-0.25, -0.2) is 0 Å². The number of hydrogen-bond donors (Lipinski definition) is 1. The average molecular weight is 252 g/mol. The summed E-state index contributed by atoms with van der Waals surface area (Å²) in [6.07, 6.45) is 1.67. The topological polar surface area (TPSA) is 34.4 Å². The van der Waals surface area contributed by atoms with Crippen molar-refractivity contribution < 1.29 is 9.15 Å². The van der Waals surface area contributed by atoms with E-state index in [2.05, 4.69) is 5.32 Å². The Morgan fingerprint density at radius 2 is 2.00 bits per heavy atom. The molecule has 0 spiro atoms. The van der Waals surface area contributed by atoms with E-state index in [4.69, 9.17) is 20.8 Å². The smallest absolute Gasteiger partial charge is 0.124 e. The van der Waals surface area contributed by atoms with Crippen LogP contribution in [-0.4, -0.2) is 7.05 Å². The Bertz CT molecular complexity index is 465. The van der Waals surface area contributed by atoms with Gasteiger partial charge in [-0.2, -0.15) is 0 Å². The maximum atomic E-state index is 5.80. The summed E-state index contributed by atoms with van der Waals surface area (Å²) in [5, 5.41) is 3.75. The van der Waals surface area contributed by atoms with Gasteiger partial charge in [0, 0.05) is 10.6 Å². The third-order valence-corrected chi connectivity index (χ3v) is 2.63. The van der Waals surface area contributed by atoms with Crippen molar-refractivity contribution in [2.75, 3.05) is 7.05 Å². The SMILES string of the molecule is CNCc1occc1COc1ccc(Cl)cc1. The molecular formula is C13H14ClNO2. The highest BCUT2D eigenvalue weighted by molar-refractivity contribution is 6.30. The summed E-state index contributed by atoms with van der Waals surface area (Å²) in [6.45, 7) is 1.20. The zero-order valence-corrected chi connectivity index (χ0v) is 10.3. The molecule has 0 aliphatic heterocycles. The van der Waals surface area contributed by atoms with Crippen LogP contribution in [0.2, 0.25) is 5.02 Å². The van der Waals surface area contributed by atoms with Crippen LogP contribution in [0.25, 0.3) is 0 Å². The molecule has 1 aromatic carbocycles. The molecule has 2 rings (SSSR count). The Morgan fingerprint density at radius 1 is 1.24 bits per heavy atom. The molecule has 0 fully saturated rings. The number of halogens is 1. The Kier molecular flexibility index (Phi) is 4.07. The predicted octanol–water partition coefficient (Wildman–Crippen LogP) is 3.23. The molecule has 90 valence electrons. The van der Waals surface area contributed by atoms with E-state index >= 15 is 0 Å². The van der Waals surface area contributed by atoms with Gasteiger partial charge in [-0.15, -0.1) is 0 Å². The van der Waals surface area contributed by atoms with Crippen molar-refractivity contribution in [1.82, 2.24) is 5.32 Å². The first-order valence-corrected chi connectivity index (χ1v) is 5.75. The lowest BCUT2D eigenvalue weighted by atomic mass is 10.2. The van der Waals surface area contributed by atoms with Crippen LogP contribution in [0.4, 0.5) is 0 Å². The van der Waals surface area contributed by atoms with Gasteiger partial charge in [0.2, 0.25) is 0 Å². The first kappa shape index (κ1) is 12.0. The molecule has 0 saturated carbocycles. The van der Waals surface area contributed by atoms with E-state index < -0.39 is 0 Å². The molecule has 1 N–H and O–H groups in total. The minimum Gasteiger partial charge on any atom is -0.489 e. The maximum Gasteiger partial charge on any atom is 0.124 e. The quantitative estimate of drug-likeness (QED) is 0.886. The van der Waals surface area contributed by atoms with Gasteiger partial charge in [-0.1, -0.05) is 11.6 Å². The second kappa shape index (κ2) is 5.75. The molecule has 0 bridgehead atoms. The van der Waals surface area contributed by atoms with Gasteiger partial charge in [0.05, 0.1) is 12.8 Å². The van der Waals surface area contributed by atoms with Crippen molar-refractivity contribution in [3.63, 3.8) is 0 Å². The molecule has 3 nitrogen and oxygen atoms in total. The number of nitrogens with one attached hydrogen (secondary N) is 1. The first-order valence-electron chi connectivity index (χ1n) is 5.38. The van der Waals surface area contributed by atoms with Crippen molar-refractivity contribution in [2.24, 2.45) is 0 Å². The fourth-order valence-electron chi connectivity index (χ4n) is 1.50. The van der Waals surface area contributed by atoms with E-state index in [-0.39, 0.29) is 0 Å². The van der Waals surface area contributed by atoms with Gasteiger partial charge >= 0.3 is 0 Å². The predicted molar refractivity (Wildman–Crippen MR) is 67.3 cm³/mol. The van der Waals surface area contributed by atoms with E-state index in [0.29, 0.717) is 18.2 Å². The van der Waals surface area contributed by atoms with Crippen LogP contribution in [0.3, 0.4) is 0 Å². The van der Waals surface area contributed by atoms with Gasteiger partial charge in [0.25, 0.3) is 0 Å². The van der Waals surface area contributed by atoms with Crippen molar-refractivity contribution in [2.45, 2.75) is 13.2 Å². The van der Waals surface area contributed by atoms with Crippen molar-refractivity contribution >= 4 is 11.6 Å². The number of furan rings is 1. The van der Waals surface area contributed by atoms with Crippen LogP contribution < -0.4 is 10.1 Å². The summed E-state index contributed by atoms with van der Waals surface area (Å²) in [7, 11) is 1.88. The number of rotatable bonds is 5. The van der Waals surface area contributed by atoms with Crippen molar-refractivity contribution in [3.8, 4) is 5.75 Å². The lowest BCUT2D eigenvalue weighted by Gasteiger charge is -2.06. The molecular weight excluding hydrogens is 238 g/mol. The Hall–Kier alpha value is -1.45. The lowest BCUT2D eigenvalue weighted by molar-refractivity contribution is 0.301. The average Bonchev–Trinajstić information content (AvgIpc) is 2.77. The zero-order valence-electron chi connectivity index (χ0n) is 9.57. The normalized spacial score (nSPS) is 10.5. The van der Waals surface area contributed by atoms with Gasteiger partial charge in [0.1, 0.15) is 18.1 Å². The van der Waals surface area contributed by atoms with E-state index in [0.717, 1.165) is 17.1 Å². The standard InChI is InChI=1S/C13H14ClNO2/c1-15-8-13-10(6-7-16-13)9-17-12-4-2-11(14)3-5-12/h2-7,15H,8-9H2,1H3. The summed E-state index contributed by atoms with van der Waals surface area (Å²) >= 11 is 5.80. The molecule has 0 radical (unpaired) electrons. The van der Waals surface area contributed by atoms with Gasteiger partial charge in [0.15, 0.2) is 0 Å². The summed E-state index contributed by atoms with van der Waals surface area (Å²) in [6, 6.07) is 9.23. The molecule has 0 aliphatic rings. The van der Waals surface area contributed by atoms with Crippen LogP contribution in [0.1, 0.15) is 11.3 Å². The molecule has 0 aliphatic carbocycles. The van der Waals surface area contributed by atoms with Crippen molar-refractivity contribution in [1.29, 1.82) is 0 Å². The van der Waals surface area contributed by atoms with Gasteiger partial charge in [-0.05, 0) is 37.4 Å². The van der Waals surface area contributed by atoms with Crippen LogP contribution in [0, 0.1) is 0 Å². The molecule has 0 saturated heterocycles. The molecule has 0 amide bonds. The number of benzene rings is 1. The van der Waals surface area contributed by atoms with E-state index in [9.17, 15) is 0 Å². The largest absolute Gasteiger partial charge is 0.489 e. The number of ether oxygens (including phenoxy) is 1. The molecule has 0 unspecified atom stereocenters. The fraction of sp³-hybridized carbons (Fsp3) is 0.231. The summed E-state index contributed by atoms with van der Waals surface area (Å²) in [5.41, 5.74) is 1.05. The van der Waals surface area contributed by atoms with Crippen LogP contribution in [-0.2, 0) is 13.2 Å². The third kappa shape index (κ3) is 3.25. The van der Waals surface area contributed by atoms with Gasteiger partial charge < -0.3 is 14.5 Å². The zero-order chi connectivity index (χ0) is 12.1. The van der Waals surface area contributed by atoms with E-state index in [1.54, 1.807) is 18.4 Å². The molecule has 1 aromatic heterocycles. The molecule has 1 heterocycles. The summed E-state index contributed by atoms with van der Waals surface area (Å²) in [4.78, 5) is 0. The Balaban J connectivity index is 1.97. The molecule has 0 atom stereocenters. The van der Waals surface area contributed by atoms with Crippen LogP contribution in [0.15, 0.2) is 41.0 Å². The monoisotopic (exact) mass is 251 g/mol. The van der Waals surface area contributed by atoms with Gasteiger partial charge in [-0.3, -0.25) is 0 Å². The molecule has 4 heteroatoms. The highest BCUT2D eigenvalue weighted by atomic mass is 35.5. The Labute approximate surface area is 105 Å². The Morgan fingerprint density at radius 3 is 2.71 bits per heavy atom.